The average molecular weight is 286 g/mol. The quantitative estimate of drug-likeness (QED) is 0.923. The molecule has 3 nitrogen and oxygen atoms in total. The van der Waals surface area contributed by atoms with Crippen molar-refractivity contribution in [1.82, 2.24) is 4.90 Å². The summed E-state index contributed by atoms with van der Waals surface area (Å²) in [6.07, 6.45) is 1.95. The van der Waals surface area contributed by atoms with Crippen LogP contribution in [0.1, 0.15) is 31.7 Å². The summed E-state index contributed by atoms with van der Waals surface area (Å²) in [7, 11) is 0. The van der Waals surface area contributed by atoms with E-state index in [1.807, 2.05) is 11.8 Å². The maximum Gasteiger partial charge on any atom is 0.324 e. The number of halogens is 2. The Hall–Kier alpha value is -1.13. The van der Waals surface area contributed by atoms with Gasteiger partial charge in [0.05, 0.1) is 0 Å². The van der Waals surface area contributed by atoms with E-state index in [1.54, 1.807) is 6.07 Å². The third-order valence-electron chi connectivity index (χ3n) is 3.98. The van der Waals surface area contributed by atoms with E-state index in [0.717, 1.165) is 6.42 Å². The molecule has 1 saturated heterocycles. The molecule has 1 aromatic rings. The highest BCUT2D eigenvalue weighted by molar-refractivity contribution is 6.30. The topological polar surface area (TPSA) is 40.5 Å². The Morgan fingerprint density at radius 3 is 2.95 bits per heavy atom. The Bertz CT molecular complexity index is 494. The van der Waals surface area contributed by atoms with Gasteiger partial charge < -0.3 is 5.11 Å². The molecule has 0 saturated carbocycles. The van der Waals surface area contributed by atoms with Crippen molar-refractivity contribution >= 4 is 17.6 Å². The lowest BCUT2D eigenvalue weighted by Gasteiger charge is -2.34. The molecule has 5 heteroatoms. The van der Waals surface area contributed by atoms with E-state index in [-0.39, 0.29) is 12.4 Å². The SMILES string of the molecule is CCC1(C(=O)O)CCCN1Cc1cc(Cl)ccc1F. The van der Waals surface area contributed by atoms with E-state index in [1.165, 1.54) is 12.1 Å². The molecule has 1 aliphatic rings. The first-order chi connectivity index (χ1) is 8.99. The van der Waals surface area contributed by atoms with Crippen LogP contribution in [0.3, 0.4) is 0 Å². The Kier molecular flexibility index (Phi) is 4.11. The summed E-state index contributed by atoms with van der Waals surface area (Å²) in [5, 5.41) is 9.94. The van der Waals surface area contributed by atoms with Gasteiger partial charge in [-0.1, -0.05) is 18.5 Å². The summed E-state index contributed by atoms with van der Waals surface area (Å²) in [4.78, 5) is 13.4. The molecule has 104 valence electrons. The van der Waals surface area contributed by atoms with Gasteiger partial charge in [-0.3, -0.25) is 9.69 Å². The smallest absolute Gasteiger partial charge is 0.324 e. The number of carboxylic acid groups (broad SMARTS) is 1. The lowest BCUT2D eigenvalue weighted by molar-refractivity contribution is -0.150. The number of carbonyl (C=O) groups is 1. The standard InChI is InChI=1S/C14H17ClFNO2/c1-2-14(13(18)19)6-3-7-17(14)9-10-8-11(15)4-5-12(10)16/h4-5,8H,2-3,6-7,9H2,1H3,(H,18,19). The van der Waals surface area contributed by atoms with Gasteiger partial charge in [-0.25, -0.2) is 4.39 Å². The number of rotatable bonds is 4. The zero-order chi connectivity index (χ0) is 14.0. The van der Waals surface area contributed by atoms with Crippen LogP contribution in [0.4, 0.5) is 4.39 Å². The van der Waals surface area contributed by atoms with Crippen molar-refractivity contribution in [3.63, 3.8) is 0 Å². The summed E-state index contributed by atoms with van der Waals surface area (Å²) < 4.78 is 13.7. The highest BCUT2D eigenvalue weighted by atomic mass is 35.5. The Labute approximate surface area is 117 Å². The Balaban J connectivity index is 2.27. The van der Waals surface area contributed by atoms with Crippen molar-refractivity contribution in [2.45, 2.75) is 38.3 Å². The molecule has 0 aromatic heterocycles. The molecule has 0 radical (unpaired) electrons. The molecule has 0 amide bonds. The van der Waals surface area contributed by atoms with E-state index in [0.29, 0.717) is 30.0 Å². The highest BCUT2D eigenvalue weighted by Gasteiger charge is 2.46. The van der Waals surface area contributed by atoms with Crippen molar-refractivity contribution < 1.29 is 14.3 Å². The van der Waals surface area contributed by atoms with Crippen LogP contribution >= 0.6 is 11.6 Å². The second-order valence-corrected chi connectivity index (χ2v) is 5.39. The van der Waals surface area contributed by atoms with Gasteiger partial charge in [0.1, 0.15) is 11.4 Å². The van der Waals surface area contributed by atoms with Crippen molar-refractivity contribution in [1.29, 1.82) is 0 Å². The van der Waals surface area contributed by atoms with Crippen molar-refractivity contribution in [2.75, 3.05) is 6.54 Å². The molecule has 1 fully saturated rings. The predicted molar refractivity (Wildman–Crippen MR) is 71.7 cm³/mol. The van der Waals surface area contributed by atoms with Gasteiger partial charge in [0.25, 0.3) is 0 Å². The van der Waals surface area contributed by atoms with Gasteiger partial charge in [-0.05, 0) is 44.0 Å². The fourth-order valence-corrected chi connectivity index (χ4v) is 3.02. The average Bonchev–Trinajstić information content (AvgIpc) is 2.78. The minimum atomic E-state index is -0.866. The van der Waals surface area contributed by atoms with Gasteiger partial charge in [0, 0.05) is 17.1 Å². The van der Waals surface area contributed by atoms with Gasteiger partial charge in [-0.15, -0.1) is 0 Å². The van der Waals surface area contributed by atoms with Crippen molar-refractivity contribution in [3.8, 4) is 0 Å². The fraction of sp³-hybridized carbons (Fsp3) is 0.500. The number of nitrogens with zero attached hydrogens (tertiary/aromatic N) is 1. The minimum Gasteiger partial charge on any atom is -0.480 e. The molecule has 1 heterocycles. The monoisotopic (exact) mass is 285 g/mol. The van der Waals surface area contributed by atoms with Gasteiger partial charge >= 0.3 is 5.97 Å². The predicted octanol–water partition coefficient (Wildman–Crippen LogP) is 3.31. The van der Waals surface area contributed by atoms with E-state index < -0.39 is 11.5 Å². The second-order valence-electron chi connectivity index (χ2n) is 4.95. The molecule has 1 aliphatic heterocycles. The van der Waals surface area contributed by atoms with E-state index in [9.17, 15) is 14.3 Å². The summed E-state index contributed by atoms with van der Waals surface area (Å²) in [6.45, 7) is 2.82. The van der Waals surface area contributed by atoms with Crippen LogP contribution in [0.5, 0.6) is 0 Å². The van der Waals surface area contributed by atoms with Gasteiger partial charge in [0.15, 0.2) is 0 Å². The maximum atomic E-state index is 13.7. The maximum absolute atomic E-state index is 13.7. The zero-order valence-corrected chi connectivity index (χ0v) is 11.6. The fourth-order valence-electron chi connectivity index (χ4n) is 2.83. The number of benzene rings is 1. The van der Waals surface area contributed by atoms with Crippen LogP contribution in [-0.4, -0.2) is 28.1 Å². The number of hydrogen-bond donors (Lipinski definition) is 1. The normalized spacial score (nSPS) is 23.7. The zero-order valence-electron chi connectivity index (χ0n) is 10.8. The molecule has 1 atom stereocenters. The van der Waals surface area contributed by atoms with Crippen LogP contribution in [-0.2, 0) is 11.3 Å². The first-order valence-electron chi connectivity index (χ1n) is 6.42. The molecular weight excluding hydrogens is 269 g/mol. The van der Waals surface area contributed by atoms with E-state index >= 15 is 0 Å². The van der Waals surface area contributed by atoms with Gasteiger partial charge in [-0.2, -0.15) is 0 Å². The number of likely N-dealkylation sites (tertiary alicyclic amines) is 1. The van der Waals surface area contributed by atoms with Gasteiger partial charge in [0.2, 0.25) is 0 Å². The lowest BCUT2D eigenvalue weighted by atomic mass is 9.92. The molecule has 1 unspecified atom stereocenters. The van der Waals surface area contributed by atoms with Crippen LogP contribution in [0.15, 0.2) is 18.2 Å². The van der Waals surface area contributed by atoms with Crippen molar-refractivity contribution in [3.05, 3.63) is 34.6 Å². The Morgan fingerprint density at radius 2 is 2.32 bits per heavy atom. The summed E-state index contributed by atoms with van der Waals surface area (Å²) in [5.74, 6) is -1.17. The molecule has 0 aliphatic carbocycles. The third kappa shape index (κ3) is 2.60. The second kappa shape index (κ2) is 5.47. The molecule has 0 spiro atoms. The number of aliphatic carboxylic acids is 1. The summed E-state index contributed by atoms with van der Waals surface area (Å²) in [6, 6.07) is 4.38. The molecule has 2 rings (SSSR count). The third-order valence-corrected chi connectivity index (χ3v) is 4.21. The first kappa shape index (κ1) is 14.3. The molecule has 1 N–H and O–H groups in total. The summed E-state index contributed by atoms with van der Waals surface area (Å²) >= 11 is 5.87. The minimum absolute atomic E-state index is 0.284. The van der Waals surface area contributed by atoms with Crippen molar-refractivity contribution in [2.24, 2.45) is 0 Å². The van der Waals surface area contributed by atoms with Crippen LogP contribution < -0.4 is 0 Å². The number of hydrogen-bond acceptors (Lipinski definition) is 2. The largest absolute Gasteiger partial charge is 0.480 e. The molecule has 0 bridgehead atoms. The molecule has 1 aromatic carbocycles. The Morgan fingerprint density at radius 1 is 1.58 bits per heavy atom. The number of carboxylic acids is 1. The lowest BCUT2D eigenvalue weighted by Crippen LogP contribution is -2.49. The van der Waals surface area contributed by atoms with Crippen LogP contribution in [0.25, 0.3) is 0 Å². The van der Waals surface area contributed by atoms with E-state index in [4.69, 9.17) is 11.6 Å². The van der Waals surface area contributed by atoms with Crippen LogP contribution in [0.2, 0.25) is 5.02 Å². The first-order valence-corrected chi connectivity index (χ1v) is 6.80. The molecular formula is C14H17ClFNO2. The highest BCUT2D eigenvalue weighted by Crippen LogP contribution is 2.34. The van der Waals surface area contributed by atoms with Crippen LogP contribution in [0, 0.1) is 5.82 Å². The van der Waals surface area contributed by atoms with E-state index in [2.05, 4.69) is 0 Å². The summed E-state index contributed by atoms with van der Waals surface area (Å²) in [5.41, 5.74) is -0.414. The molecule has 19 heavy (non-hydrogen) atoms.